The van der Waals surface area contributed by atoms with Gasteiger partial charge in [-0.2, -0.15) is 10.3 Å². The van der Waals surface area contributed by atoms with Crippen LogP contribution in [0.3, 0.4) is 0 Å². The molecule has 26 heavy (non-hydrogen) atoms. The molecule has 1 amide bonds. The summed E-state index contributed by atoms with van der Waals surface area (Å²) in [7, 11) is 0. The second-order valence-corrected chi connectivity index (χ2v) is 6.19. The van der Waals surface area contributed by atoms with Crippen LogP contribution in [0.1, 0.15) is 29.0 Å². The highest BCUT2D eigenvalue weighted by Gasteiger charge is 2.29. The number of aryl methyl sites for hydroxylation is 1. The monoisotopic (exact) mass is 347 g/mol. The fourth-order valence-electron chi connectivity index (χ4n) is 3.23. The summed E-state index contributed by atoms with van der Waals surface area (Å²) in [6, 6.07) is 9.24. The largest absolute Gasteiger partial charge is 0.323 e. The van der Waals surface area contributed by atoms with Crippen LogP contribution in [0.2, 0.25) is 0 Å². The van der Waals surface area contributed by atoms with E-state index in [2.05, 4.69) is 31.6 Å². The molecule has 1 aliphatic rings. The van der Waals surface area contributed by atoms with E-state index in [1.807, 2.05) is 31.2 Å². The molecule has 130 valence electrons. The van der Waals surface area contributed by atoms with Crippen LogP contribution in [-0.2, 0) is 0 Å². The maximum absolute atomic E-state index is 12.8. The van der Waals surface area contributed by atoms with Crippen LogP contribution in [0.5, 0.6) is 0 Å². The molecule has 1 fully saturated rings. The quantitative estimate of drug-likeness (QED) is 0.727. The van der Waals surface area contributed by atoms with E-state index in [0.29, 0.717) is 18.1 Å². The molecule has 8 nitrogen and oxygen atoms in total. The third-order valence-corrected chi connectivity index (χ3v) is 4.51. The highest BCUT2D eigenvalue weighted by Crippen LogP contribution is 2.22. The van der Waals surface area contributed by atoms with E-state index in [9.17, 15) is 4.79 Å². The molecule has 0 aliphatic carbocycles. The van der Waals surface area contributed by atoms with E-state index in [-0.39, 0.29) is 11.9 Å². The van der Waals surface area contributed by atoms with Crippen molar-refractivity contribution in [3.05, 3.63) is 41.7 Å². The molecule has 1 atom stereocenters. The van der Waals surface area contributed by atoms with Gasteiger partial charge in [-0.05, 0) is 43.2 Å². The SMILES string of the molecule is C#CC1CCCN1C(=O)c1cc(C)n(-c2cccc(-c3nn[nH]n3)c2)n1. The van der Waals surface area contributed by atoms with E-state index < -0.39 is 0 Å². The first kappa shape index (κ1) is 16.0. The lowest BCUT2D eigenvalue weighted by molar-refractivity contribution is 0.0759. The Labute approximate surface area is 150 Å². The summed E-state index contributed by atoms with van der Waals surface area (Å²) in [6.07, 6.45) is 7.31. The average Bonchev–Trinajstić information content (AvgIpc) is 3.41. The van der Waals surface area contributed by atoms with Gasteiger partial charge in [-0.25, -0.2) is 4.68 Å². The van der Waals surface area contributed by atoms with Gasteiger partial charge < -0.3 is 4.90 Å². The van der Waals surface area contributed by atoms with E-state index in [0.717, 1.165) is 29.8 Å². The van der Waals surface area contributed by atoms with Crippen molar-refractivity contribution in [3.8, 4) is 29.4 Å². The lowest BCUT2D eigenvalue weighted by Crippen LogP contribution is -2.34. The van der Waals surface area contributed by atoms with Crippen LogP contribution in [0, 0.1) is 19.3 Å². The molecule has 1 N–H and O–H groups in total. The highest BCUT2D eigenvalue weighted by molar-refractivity contribution is 5.93. The fraction of sp³-hybridized carbons (Fsp3) is 0.278. The summed E-state index contributed by atoms with van der Waals surface area (Å²) in [6.45, 7) is 2.58. The number of H-pyrrole nitrogens is 1. The summed E-state index contributed by atoms with van der Waals surface area (Å²) in [5.74, 6) is 3.07. The van der Waals surface area contributed by atoms with Crippen molar-refractivity contribution >= 4 is 5.91 Å². The fourth-order valence-corrected chi connectivity index (χ4v) is 3.23. The topological polar surface area (TPSA) is 92.6 Å². The molecule has 0 saturated carbocycles. The Morgan fingerprint density at radius 1 is 1.38 bits per heavy atom. The van der Waals surface area contributed by atoms with Gasteiger partial charge >= 0.3 is 0 Å². The van der Waals surface area contributed by atoms with Crippen molar-refractivity contribution in [3.63, 3.8) is 0 Å². The number of nitrogens with zero attached hydrogens (tertiary/aromatic N) is 6. The molecule has 3 heterocycles. The molecule has 1 saturated heterocycles. The van der Waals surface area contributed by atoms with Gasteiger partial charge in [0.2, 0.25) is 5.82 Å². The number of amides is 1. The summed E-state index contributed by atoms with van der Waals surface area (Å²) < 4.78 is 1.73. The summed E-state index contributed by atoms with van der Waals surface area (Å²) in [4.78, 5) is 14.5. The van der Waals surface area contributed by atoms with Crippen molar-refractivity contribution in [1.29, 1.82) is 0 Å². The van der Waals surface area contributed by atoms with Gasteiger partial charge in [0.25, 0.3) is 5.91 Å². The molecule has 0 spiro atoms. The van der Waals surface area contributed by atoms with E-state index in [1.54, 1.807) is 15.6 Å². The van der Waals surface area contributed by atoms with E-state index in [1.165, 1.54) is 0 Å². The Bertz CT molecular complexity index is 983. The van der Waals surface area contributed by atoms with Crippen LogP contribution < -0.4 is 0 Å². The van der Waals surface area contributed by atoms with Crippen molar-refractivity contribution in [1.82, 2.24) is 35.3 Å². The second kappa shape index (κ2) is 6.44. The molecule has 2 aromatic heterocycles. The molecule has 1 aliphatic heterocycles. The lowest BCUT2D eigenvalue weighted by atomic mass is 10.2. The van der Waals surface area contributed by atoms with Crippen molar-refractivity contribution < 1.29 is 4.79 Å². The third-order valence-electron chi connectivity index (χ3n) is 4.51. The zero-order valence-corrected chi connectivity index (χ0v) is 14.3. The second-order valence-electron chi connectivity index (χ2n) is 6.19. The number of hydrogen-bond donors (Lipinski definition) is 1. The van der Waals surface area contributed by atoms with Crippen molar-refractivity contribution in [2.75, 3.05) is 6.54 Å². The van der Waals surface area contributed by atoms with Gasteiger partial charge in [0.05, 0.1) is 11.7 Å². The molecule has 4 rings (SSSR count). The van der Waals surface area contributed by atoms with Crippen LogP contribution in [-0.4, -0.2) is 53.8 Å². The Hall–Kier alpha value is -3.47. The summed E-state index contributed by atoms with van der Waals surface area (Å²) in [5.41, 5.74) is 2.88. The maximum atomic E-state index is 12.8. The molecular weight excluding hydrogens is 330 g/mol. The van der Waals surface area contributed by atoms with E-state index >= 15 is 0 Å². The minimum atomic E-state index is -0.144. The molecule has 0 radical (unpaired) electrons. The zero-order valence-electron chi connectivity index (χ0n) is 14.3. The average molecular weight is 347 g/mol. The number of hydrogen-bond acceptors (Lipinski definition) is 5. The number of aromatic nitrogens is 6. The third kappa shape index (κ3) is 2.73. The van der Waals surface area contributed by atoms with Gasteiger partial charge in [-0.15, -0.1) is 16.6 Å². The van der Waals surface area contributed by atoms with Gasteiger partial charge in [0.1, 0.15) is 0 Å². The highest BCUT2D eigenvalue weighted by atomic mass is 16.2. The minimum Gasteiger partial charge on any atom is -0.323 e. The van der Waals surface area contributed by atoms with Gasteiger partial charge in [-0.1, -0.05) is 18.1 Å². The van der Waals surface area contributed by atoms with Crippen LogP contribution in [0.25, 0.3) is 17.1 Å². The Morgan fingerprint density at radius 2 is 2.27 bits per heavy atom. The summed E-state index contributed by atoms with van der Waals surface area (Å²) >= 11 is 0. The predicted molar refractivity (Wildman–Crippen MR) is 94.4 cm³/mol. The number of benzene rings is 1. The number of carbonyl (C=O) groups is 1. The number of rotatable bonds is 3. The van der Waals surface area contributed by atoms with Gasteiger partial charge in [-0.3, -0.25) is 4.79 Å². The van der Waals surface area contributed by atoms with E-state index in [4.69, 9.17) is 6.42 Å². The number of tetrazole rings is 1. The molecule has 1 aromatic carbocycles. The Balaban J connectivity index is 1.66. The Morgan fingerprint density at radius 3 is 3.04 bits per heavy atom. The molecule has 1 unspecified atom stereocenters. The van der Waals surface area contributed by atoms with Crippen molar-refractivity contribution in [2.24, 2.45) is 0 Å². The number of nitrogens with one attached hydrogen (secondary N) is 1. The number of carbonyl (C=O) groups excluding carboxylic acids is 1. The first-order valence-electron chi connectivity index (χ1n) is 8.35. The Kier molecular flexibility index (Phi) is 3.97. The standard InChI is InChI=1S/C18H17N7O/c1-3-14-8-5-9-24(14)18(26)16-10-12(2)25(21-16)15-7-4-6-13(11-15)17-19-22-23-20-17/h1,4,6-7,10-11,14H,5,8-9H2,2H3,(H,19,20,22,23). The zero-order chi connectivity index (χ0) is 18.1. The smallest absolute Gasteiger partial charge is 0.275 e. The normalized spacial score (nSPS) is 16.6. The first-order valence-corrected chi connectivity index (χ1v) is 8.35. The van der Waals surface area contributed by atoms with Crippen LogP contribution in [0.4, 0.5) is 0 Å². The molecular formula is C18H17N7O. The maximum Gasteiger partial charge on any atom is 0.275 e. The van der Waals surface area contributed by atoms with Crippen molar-refractivity contribution in [2.45, 2.75) is 25.8 Å². The first-order chi connectivity index (χ1) is 12.7. The number of aromatic amines is 1. The molecule has 0 bridgehead atoms. The predicted octanol–water partition coefficient (Wildman–Crippen LogP) is 1.60. The molecule has 3 aromatic rings. The van der Waals surface area contributed by atoms with Gasteiger partial charge in [0.15, 0.2) is 5.69 Å². The summed E-state index contributed by atoms with van der Waals surface area (Å²) in [5, 5.41) is 18.5. The minimum absolute atomic E-state index is 0.123. The molecule has 8 heteroatoms. The number of terminal acetylenes is 1. The van der Waals surface area contributed by atoms with Gasteiger partial charge in [0, 0.05) is 17.8 Å². The number of likely N-dealkylation sites (tertiary alicyclic amines) is 1. The van der Waals surface area contributed by atoms with Crippen LogP contribution in [0.15, 0.2) is 30.3 Å². The lowest BCUT2D eigenvalue weighted by Gasteiger charge is -2.19. The van der Waals surface area contributed by atoms with Crippen LogP contribution >= 0.6 is 0 Å².